The van der Waals surface area contributed by atoms with Crippen LogP contribution in [0.1, 0.15) is 19.4 Å². The first-order chi connectivity index (χ1) is 9.83. The third-order valence-electron chi connectivity index (χ3n) is 3.17. The molecule has 0 aromatic heterocycles. The van der Waals surface area contributed by atoms with E-state index in [1.165, 1.54) is 17.3 Å². The van der Waals surface area contributed by atoms with Crippen LogP contribution in [0.5, 0.6) is 0 Å². The van der Waals surface area contributed by atoms with Crippen LogP contribution in [-0.2, 0) is 16.0 Å². The van der Waals surface area contributed by atoms with Crippen molar-refractivity contribution in [3.05, 3.63) is 35.9 Å². The highest BCUT2D eigenvalue weighted by Gasteiger charge is 2.33. The lowest BCUT2D eigenvalue weighted by molar-refractivity contribution is -0.139. The molecule has 1 atom stereocenters. The molecule has 0 aliphatic rings. The van der Waals surface area contributed by atoms with Crippen molar-refractivity contribution in [1.29, 1.82) is 0 Å². The molecule has 0 fully saturated rings. The van der Waals surface area contributed by atoms with Crippen LogP contribution in [0.15, 0.2) is 30.3 Å². The molecule has 116 valence electrons. The topological polar surface area (TPSA) is 92.4 Å². The highest BCUT2D eigenvalue weighted by molar-refractivity contribution is 8.01. The first-order valence-corrected chi connectivity index (χ1v) is 7.74. The van der Waals surface area contributed by atoms with Gasteiger partial charge in [-0.05, 0) is 25.8 Å². The van der Waals surface area contributed by atoms with Crippen LogP contribution < -0.4 is 11.1 Å². The second-order valence-corrected chi connectivity index (χ2v) is 6.92. The number of carbonyl (C=O) groups excluding carboxylic acids is 1. The van der Waals surface area contributed by atoms with Crippen molar-refractivity contribution in [2.24, 2.45) is 5.73 Å². The maximum atomic E-state index is 11.8. The van der Waals surface area contributed by atoms with E-state index in [9.17, 15) is 9.59 Å². The summed E-state index contributed by atoms with van der Waals surface area (Å²) >= 11 is 1.25. The number of carboxylic acid groups (broad SMARTS) is 1. The van der Waals surface area contributed by atoms with E-state index in [0.29, 0.717) is 6.54 Å². The maximum Gasteiger partial charge on any atom is 0.321 e. The van der Waals surface area contributed by atoms with Crippen LogP contribution in [0.25, 0.3) is 0 Å². The summed E-state index contributed by atoms with van der Waals surface area (Å²) in [6, 6.07) is 8.89. The number of amides is 1. The second kappa shape index (κ2) is 8.05. The molecule has 4 N–H and O–H groups in total. The molecule has 0 radical (unpaired) electrons. The zero-order valence-electron chi connectivity index (χ0n) is 12.3. The highest BCUT2D eigenvalue weighted by Crippen LogP contribution is 2.27. The van der Waals surface area contributed by atoms with Crippen LogP contribution in [0, 0.1) is 0 Å². The molecule has 1 rings (SSSR count). The fraction of sp³-hybridized carbons (Fsp3) is 0.467. The summed E-state index contributed by atoms with van der Waals surface area (Å²) in [6.45, 7) is 4.02. The molecular formula is C15H22N2O3S. The van der Waals surface area contributed by atoms with E-state index in [1.54, 1.807) is 13.8 Å². The summed E-state index contributed by atoms with van der Waals surface area (Å²) < 4.78 is -0.692. The van der Waals surface area contributed by atoms with Crippen molar-refractivity contribution in [1.82, 2.24) is 5.32 Å². The van der Waals surface area contributed by atoms with Crippen LogP contribution in [0.3, 0.4) is 0 Å². The molecule has 6 heteroatoms. The van der Waals surface area contributed by atoms with Crippen molar-refractivity contribution < 1.29 is 14.7 Å². The Balaban J connectivity index is 2.29. The van der Waals surface area contributed by atoms with Crippen molar-refractivity contribution >= 4 is 23.6 Å². The number of carbonyl (C=O) groups is 2. The van der Waals surface area contributed by atoms with E-state index in [4.69, 9.17) is 10.8 Å². The Morgan fingerprint density at radius 1 is 1.33 bits per heavy atom. The number of rotatable bonds is 8. The molecular weight excluding hydrogens is 288 g/mol. The SMILES string of the molecule is CC(C)(SCC(=O)NCCc1ccccc1)[C@@H](N)C(=O)O. The second-order valence-electron chi connectivity index (χ2n) is 5.29. The van der Waals surface area contributed by atoms with Crippen LogP contribution in [0.2, 0.25) is 0 Å². The largest absolute Gasteiger partial charge is 0.480 e. The summed E-state index contributed by atoms with van der Waals surface area (Å²) in [6.07, 6.45) is 0.773. The van der Waals surface area contributed by atoms with E-state index in [2.05, 4.69) is 5.32 Å². The first-order valence-electron chi connectivity index (χ1n) is 6.76. The fourth-order valence-corrected chi connectivity index (χ4v) is 2.57. The van der Waals surface area contributed by atoms with Gasteiger partial charge in [0.05, 0.1) is 5.75 Å². The quantitative estimate of drug-likeness (QED) is 0.672. The Bertz CT molecular complexity index is 477. The van der Waals surface area contributed by atoms with Gasteiger partial charge in [-0.2, -0.15) is 0 Å². The minimum Gasteiger partial charge on any atom is -0.480 e. The molecule has 21 heavy (non-hydrogen) atoms. The summed E-state index contributed by atoms with van der Waals surface area (Å²) in [5.74, 6) is -0.971. The molecule has 0 aliphatic carbocycles. The number of nitrogens with two attached hydrogens (primary N) is 1. The normalized spacial score (nSPS) is 12.7. The lowest BCUT2D eigenvalue weighted by atomic mass is 10.1. The van der Waals surface area contributed by atoms with Crippen molar-refractivity contribution in [3.63, 3.8) is 0 Å². The molecule has 5 nitrogen and oxygen atoms in total. The van der Waals surface area contributed by atoms with Gasteiger partial charge in [-0.3, -0.25) is 9.59 Å². The van der Waals surface area contributed by atoms with Crippen molar-refractivity contribution in [2.75, 3.05) is 12.3 Å². The van der Waals surface area contributed by atoms with Gasteiger partial charge in [0.2, 0.25) is 5.91 Å². The number of aliphatic carboxylic acids is 1. The lowest BCUT2D eigenvalue weighted by Crippen LogP contribution is -2.47. The minimum absolute atomic E-state index is 0.110. The maximum absolute atomic E-state index is 11.8. The van der Waals surface area contributed by atoms with E-state index in [0.717, 1.165) is 6.42 Å². The standard InChI is InChI=1S/C15H22N2O3S/c1-15(2,13(16)14(19)20)21-10-12(18)17-9-8-11-6-4-3-5-7-11/h3-7,13H,8-10,16H2,1-2H3,(H,17,18)(H,19,20)/t13-/m0/s1. The summed E-state index contributed by atoms with van der Waals surface area (Å²) in [5.41, 5.74) is 6.77. The molecule has 1 aromatic carbocycles. The lowest BCUT2D eigenvalue weighted by Gasteiger charge is -2.27. The van der Waals surface area contributed by atoms with E-state index in [1.807, 2.05) is 30.3 Å². The van der Waals surface area contributed by atoms with Crippen molar-refractivity contribution in [2.45, 2.75) is 31.1 Å². The van der Waals surface area contributed by atoms with Gasteiger partial charge in [0.1, 0.15) is 6.04 Å². The summed E-state index contributed by atoms with van der Waals surface area (Å²) in [5, 5.41) is 11.7. The number of hydrogen-bond acceptors (Lipinski definition) is 4. The van der Waals surface area contributed by atoms with Gasteiger partial charge in [-0.1, -0.05) is 30.3 Å². The Labute approximate surface area is 129 Å². The van der Waals surface area contributed by atoms with Gasteiger partial charge < -0.3 is 16.2 Å². The monoisotopic (exact) mass is 310 g/mol. The number of benzene rings is 1. The van der Waals surface area contributed by atoms with E-state index >= 15 is 0 Å². The Kier molecular flexibility index (Phi) is 6.71. The Hall–Kier alpha value is -1.53. The van der Waals surface area contributed by atoms with Gasteiger partial charge in [-0.25, -0.2) is 0 Å². The number of thioether (sulfide) groups is 1. The molecule has 1 aromatic rings. The van der Waals surface area contributed by atoms with Crippen LogP contribution >= 0.6 is 11.8 Å². The third-order valence-corrected chi connectivity index (χ3v) is 4.57. The molecule has 1 amide bonds. The first kappa shape index (κ1) is 17.5. The van der Waals surface area contributed by atoms with Gasteiger partial charge in [0, 0.05) is 11.3 Å². The molecule has 0 unspecified atom stereocenters. The number of hydrogen-bond donors (Lipinski definition) is 3. The molecule has 0 saturated carbocycles. The minimum atomic E-state index is -1.06. The zero-order valence-corrected chi connectivity index (χ0v) is 13.2. The van der Waals surface area contributed by atoms with Gasteiger partial charge in [0.15, 0.2) is 0 Å². The predicted molar refractivity (Wildman–Crippen MR) is 85.3 cm³/mol. The number of nitrogens with one attached hydrogen (secondary N) is 1. The average molecular weight is 310 g/mol. The third kappa shape index (κ3) is 6.18. The smallest absolute Gasteiger partial charge is 0.321 e. The van der Waals surface area contributed by atoms with E-state index < -0.39 is 16.8 Å². The van der Waals surface area contributed by atoms with E-state index in [-0.39, 0.29) is 11.7 Å². The molecule has 0 saturated heterocycles. The highest BCUT2D eigenvalue weighted by atomic mass is 32.2. The fourth-order valence-electron chi connectivity index (χ4n) is 1.68. The van der Waals surface area contributed by atoms with Crippen molar-refractivity contribution in [3.8, 4) is 0 Å². The van der Waals surface area contributed by atoms with Gasteiger partial charge >= 0.3 is 5.97 Å². The molecule has 0 bridgehead atoms. The Morgan fingerprint density at radius 3 is 2.52 bits per heavy atom. The van der Waals surface area contributed by atoms with Gasteiger partial charge in [-0.15, -0.1) is 11.8 Å². The Morgan fingerprint density at radius 2 is 1.95 bits per heavy atom. The van der Waals surface area contributed by atoms with Crippen LogP contribution in [0.4, 0.5) is 0 Å². The average Bonchev–Trinajstić information content (AvgIpc) is 2.45. The summed E-state index contributed by atoms with van der Waals surface area (Å²) in [4.78, 5) is 22.6. The summed E-state index contributed by atoms with van der Waals surface area (Å²) in [7, 11) is 0. The molecule has 0 spiro atoms. The molecule has 0 heterocycles. The van der Waals surface area contributed by atoms with Gasteiger partial charge in [0.25, 0.3) is 0 Å². The molecule has 0 aliphatic heterocycles. The van der Waals surface area contributed by atoms with Crippen LogP contribution in [-0.4, -0.2) is 40.1 Å². The predicted octanol–water partition coefficient (Wildman–Crippen LogP) is 1.27. The number of carboxylic acids is 1. The zero-order chi connectivity index (χ0) is 15.9.